The second-order valence-electron chi connectivity index (χ2n) is 4.37. The fraction of sp³-hybridized carbons (Fsp3) is 0.500. The predicted octanol–water partition coefficient (Wildman–Crippen LogP) is 1.12. The molecule has 1 aromatic carbocycles. The van der Waals surface area contributed by atoms with Gasteiger partial charge in [-0.2, -0.15) is 13.5 Å². The van der Waals surface area contributed by atoms with Gasteiger partial charge in [0, 0.05) is 6.54 Å². The van der Waals surface area contributed by atoms with E-state index >= 15 is 0 Å². The van der Waals surface area contributed by atoms with Gasteiger partial charge in [-0.25, -0.2) is 0 Å². The molecule has 0 spiro atoms. The average molecular weight is 285 g/mol. The molecule has 1 amide bonds. The molecule has 0 heterocycles. The molecule has 0 fully saturated rings. The summed E-state index contributed by atoms with van der Waals surface area (Å²) in [5.74, 6) is -0.0799. The number of benzene rings is 1. The Labute approximate surface area is 123 Å². The van der Waals surface area contributed by atoms with E-state index in [1.165, 1.54) is 5.56 Å². The van der Waals surface area contributed by atoms with Crippen LogP contribution in [0.5, 0.6) is 0 Å². The van der Waals surface area contributed by atoms with Gasteiger partial charge in [-0.3, -0.25) is 4.79 Å². The van der Waals surface area contributed by atoms with Crippen LogP contribution in [0.2, 0.25) is 0 Å². The highest BCUT2D eigenvalue weighted by Crippen LogP contribution is 1.92. The molecule has 0 aromatic heterocycles. The van der Waals surface area contributed by atoms with E-state index < -0.39 is 0 Å². The standard InChI is InChI=1S/C7H17N3O.C7H8.H2S/c1-10(2)5-3-4-9-7(11)6-8;1-7-5-3-2-4-6-7;/h3-6,8H2,1-2H3,(H,9,11);2-6H,1H3;1H2. The molecule has 3 N–H and O–H groups in total. The maximum absolute atomic E-state index is 10.6. The molecule has 0 atom stereocenters. The van der Waals surface area contributed by atoms with E-state index in [4.69, 9.17) is 5.73 Å². The zero-order chi connectivity index (χ0) is 13.8. The smallest absolute Gasteiger partial charge is 0.233 e. The minimum absolute atomic E-state index is 0. The van der Waals surface area contributed by atoms with Crippen molar-refractivity contribution in [1.82, 2.24) is 10.2 Å². The van der Waals surface area contributed by atoms with Gasteiger partial charge in [0.15, 0.2) is 0 Å². The highest BCUT2D eigenvalue weighted by atomic mass is 32.1. The SMILES string of the molecule is CN(C)CCCNC(=O)CN.Cc1ccccc1.S. The topological polar surface area (TPSA) is 58.4 Å². The summed E-state index contributed by atoms with van der Waals surface area (Å²) in [6.45, 7) is 3.88. The zero-order valence-electron chi connectivity index (χ0n) is 12.1. The van der Waals surface area contributed by atoms with Crippen LogP contribution in [0.25, 0.3) is 0 Å². The molecule has 0 radical (unpaired) electrons. The van der Waals surface area contributed by atoms with E-state index in [1.54, 1.807) is 0 Å². The molecule has 0 aliphatic carbocycles. The van der Waals surface area contributed by atoms with Gasteiger partial charge in [-0.1, -0.05) is 35.9 Å². The largest absolute Gasteiger partial charge is 0.355 e. The van der Waals surface area contributed by atoms with Gasteiger partial charge in [0.1, 0.15) is 0 Å². The lowest BCUT2D eigenvalue weighted by Crippen LogP contribution is -2.32. The molecule has 0 unspecified atom stereocenters. The lowest BCUT2D eigenvalue weighted by molar-refractivity contribution is -0.119. The Kier molecular flexibility index (Phi) is 14.3. The molecule has 19 heavy (non-hydrogen) atoms. The number of rotatable bonds is 5. The van der Waals surface area contributed by atoms with Gasteiger partial charge in [0.2, 0.25) is 5.91 Å². The third-order valence-electron chi connectivity index (χ3n) is 2.23. The Morgan fingerprint density at radius 1 is 1.26 bits per heavy atom. The Bertz CT molecular complexity index is 318. The first-order valence-electron chi connectivity index (χ1n) is 6.19. The van der Waals surface area contributed by atoms with E-state index in [0.717, 1.165) is 13.0 Å². The highest BCUT2D eigenvalue weighted by molar-refractivity contribution is 7.59. The van der Waals surface area contributed by atoms with Gasteiger partial charge in [-0.15, -0.1) is 0 Å². The van der Waals surface area contributed by atoms with Gasteiger partial charge in [0.25, 0.3) is 0 Å². The zero-order valence-corrected chi connectivity index (χ0v) is 13.1. The van der Waals surface area contributed by atoms with Crippen LogP contribution in [0.15, 0.2) is 30.3 Å². The second kappa shape index (κ2) is 13.4. The molecule has 5 heteroatoms. The van der Waals surface area contributed by atoms with Crippen LogP contribution in [0.3, 0.4) is 0 Å². The molecule has 1 aromatic rings. The van der Waals surface area contributed by atoms with Crippen LogP contribution in [0.1, 0.15) is 12.0 Å². The third kappa shape index (κ3) is 14.9. The molecule has 110 valence electrons. The minimum Gasteiger partial charge on any atom is -0.355 e. The molecule has 1 rings (SSSR count). The molecule has 0 saturated heterocycles. The molecule has 0 saturated carbocycles. The van der Waals surface area contributed by atoms with Gasteiger partial charge < -0.3 is 16.0 Å². The van der Waals surface area contributed by atoms with Crippen LogP contribution in [-0.2, 0) is 4.79 Å². The van der Waals surface area contributed by atoms with E-state index in [1.807, 2.05) is 32.3 Å². The number of nitrogens with one attached hydrogen (secondary N) is 1. The number of amides is 1. The summed E-state index contributed by atoms with van der Waals surface area (Å²) < 4.78 is 0. The Hall–Kier alpha value is -1.04. The summed E-state index contributed by atoms with van der Waals surface area (Å²) >= 11 is 0. The van der Waals surface area contributed by atoms with Crippen LogP contribution in [0.4, 0.5) is 0 Å². The predicted molar refractivity (Wildman–Crippen MR) is 86.8 cm³/mol. The van der Waals surface area contributed by atoms with Crippen molar-refractivity contribution in [2.75, 3.05) is 33.7 Å². The summed E-state index contributed by atoms with van der Waals surface area (Å²) in [6, 6.07) is 10.3. The monoisotopic (exact) mass is 285 g/mol. The van der Waals surface area contributed by atoms with E-state index in [9.17, 15) is 4.79 Å². The fourth-order valence-electron chi connectivity index (χ4n) is 1.23. The van der Waals surface area contributed by atoms with Gasteiger partial charge in [-0.05, 0) is 34.0 Å². The average Bonchev–Trinajstić information content (AvgIpc) is 2.36. The lowest BCUT2D eigenvalue weighted by Gasteiger charge is -2.08. The first-order chi connectivity index (χ1) is 8.56. The Morgan fingerprint density at radius 2 is 1.84 bits per heavy atom. The van der Waals surface area contributed by atoms with Crippen LogP contribution < -0.4 is 11.1 Å². The van der Waals surface area contributed by atoms with Crippen molar-refractivity contribution in [3.05, 3.63) is 35.9 Å². The van der Waals surface area contributed by atoms with Crippen LogP contribution in [0, 0.1) is 6.92 Å². The van der Waals surface area contributed by atoms with E-state index in [2.05, 4.69) is 29.3 Å². The summed E-state index contributed by atoms with van der Waals surface area (Å²) in [5.41, 5.74) is 6.41. The maximum Gasteiger partial charge on any atom is 0.233 e. The fourth-order valence-corrected chi connectivity index (χ4v) is 1.23. The summed E-state index contributed by atoms with van der Waals surface area (Å²) in [6.07, 6.45) is 0.971. The molecule has 0 aliphatic heterocycles. The second-order valence-corrected chi connectivity index (χ2v) is 4.37. The van der Waals surface area contributed by atoms with Gasteiger partial charge in [0.05, 0.1) is 6.54 Å². The van der Waals surface area contributed by atoms with Crippen LogP contribution >= 0.6 is 13.5 Å². The number of nitrogens with two attached hydrogens (primary N) is 1. The third-order valence-corrected chi connectivity index (χ3v) is 2.23. The molecule has 0 bridgehead atoms. The normalized spacial score (nSPS) is 9.11. The molecule has 4 nitrogen and oxygen atoms in total. The minimum atomic E-state index is -0.0799. The maximum atomic E-state index is 10.6. The van der Waals surface area contributed by atoms with E-state index in [-0.39, 0.29) is 25.9 Å². The van der Waals surface area contributed by atoms with E-state index in [0.29, 0.717) is 6.54 Å². The molecule has 0 aliphatic rings. The van der Waals surface area contributed by atoms with Crippen molar-refractivity contribution in [1.29, 1.82) is 0 Å². The van der Waals surface area contributed by atoms with Crippen molar-refractivity contribution in [2.24, 2.45) is 5.73 Å². The lowest BCUT2D eigenvalue weighted by atomic mass is 10.2. The summed E-state index contributed by atoms with van der Waals surface area (Å²) in [7, 11) is 4.01. The number of carbonyl (C=O) groups excluding carboxylic acids is 1. The first kappa shape index (κ1) is 20.3. The number of hydrogen-bond donors (Lipinski definition) is 2. The van der Waals surface area contributed by atoms with Crippen molar-refractivity contribution in [2.45, 2.75) is 13.3 Å². The Balaban J connectivity index is 0. The van der Waals surface area contributed by atoms with Crippen molar-refractivity contribution >= 4 is 19.4 Å². The first-order valence-corrected chi connectivity index (χ1v) is 6.19. The Morgan fingerprint density at radius 3 is 2.21 bits per heavy atom. The van der Waals surface area contributed by atoms with Crippen molar-refractivity contribution < 1.29 is 4.79 Å². The quantitative estimate of drug-likeness (QED) is 0.797. The molecular formula is C14H27N3OS. The summed E-state index contributed by atoms with van der Waals surface area (Å²) in [4.78, 5) is 12.7. The van der Waals surface area contributed by atoms with Crippen molar-refractivity contribution in [3.8, 4) is 0 Å². The highest BCUT2D eigenvalue weighted by Gasteiger charge is 1.95. The summed E-state index contributed by atoms with van der Waals surface area (Å²) in [5, 5.41) is 2.70. The number of nitrogens with zero attached hydrogens (tertiary/aromatic N) is 1. The van der Waals surface area contributed by atoms with Gasteiger partial charge >= 0.3 is 0 Å². The van der Waals surface area contributed by atoms with Crippen molar-refractivity contribution in [3.63, 3.8) is 0 Å². The number of aryl methyl sites for hydroxylation is 1. The number of carbonyl (C=O) groups is 1. The molecular weight excluding hydrogens is 258 g/mol. The van der Waals surface area contributed by atoms with Crippen LogP contribution in [-0.4, -0.2) is 44.5 Å². The number of hydrogen-bond acceptors (Lipinski definition) is 3.